The van der Waals surface area contributed by atoms with Gasteiger partial charge in [-0.3, -0.25) is 9.59 Å². The number of ether oxygens (including phenoxy) is 1. The van der Waals surface area contributed by atoms with E-state index in [1.807, 2.05) is 32.9 Å². The Labute approximate surface area is 267 Å². The van der Waals surface area contributed by atoms with Crippen molar-refractivity contribution in [3.05, 3.63) is 103 Å². The summed E-state index contributed by atoms with van der Waals surface area (Å²) in [7, 11) is 0. The van der Waals surface area contributed by atoms with Crippen LogP contribution in [0.25, 0.3) is 34.9 Å². The summed E-state index contributed by atoms with van der Waals surface area (Å²) in [5.41, 5.74) is 6.39. The van der Waals surface area contributed by atoms with Crippen LogP contribution in [0.4, 0.5) is 0 Å². The van der Waals surface area contributed by atoms with Crippen molar-refractivity contribution >= 4 is 36.2 Å². The normalized spacial score (nSPS) is 29.0. The van der Waals surface area contributed by atoms with E-state index in [4.69, 9.17) is 25.3 Å². The van der Waals surface area contributed by atoms with Crippen molar-refractivity contribution in [1.29, 1.82) is 0 Å². The van der Waals surface area contributed by atoms with Crippen LogP contribution in [0.5, 0.6) is 0 Å². The van der Waals surface area contributed by atoms with E-state index in [0.29, 0.717) is 34.9 Å². The number of nitrogens with zero attached hydrogens (tertiary/aromatic N) is 4. The second kappa shape index (κ2) is 11.2. The second-order valence-corrected chi connectivity index (χ2v) is 11.8. The molecule has 4 aliphatic heterocycles. The molecule has 2 saturated heterocycles. The van der Waals surface area contributed by atoms with Crippen LogP contribution >= 0.6 is 0 Å². The molecule has 2 fully saturated rings. The molecule has 0 aromatic carbocycles. The molecule has 0 saturated carbocycles. The Balaban J connectivity index is 0.00000384. The van der Waals surface area contributed by atoms with Gasteiger partial charge in [-0.1, -0.05) is 83.8 Å². The van der Waals surface area contributed by atoms with E-state index in [-0.39, 0.29) is 48.8 Å². The number of aromatic nitrogens is 2. The van der Waals surface area contributed by atoms with Gasteiger partial charge in [0.05, 0.1) is 0 Å². The van der Waals surface area contributed by atoms with Gasteiger partial charge in [0.25, 0.3) is 0 Å². The standard InChI is InChI=1S/C34H34N4O5.Fe/c1-7-20-17(3)23-13-24-19(5)22(9-10-31(39)40)28(37-24)16-30-34(12-11-32(41)43-34)33(6,42)29(38-30)15-27-21(8-2)18(4)25(36-27)14-26(20)35-23;/h7-8,13,15-16,26,42H,1-2,9-12,14H2,3-6H3,(H,39,40);/q-4;+4/b23-13-,29-15-,30-16-;/t26?,33-,34+;/m0./s1. The van der Waals surface area contributed by atoms with Crippen LogP contribution in [0.2, 0.25) is 0 Å². The number of hydrogen-bond acceptors (Lipinski definition) is 4. The summed E-state index contributed by atoms with van der Waals surface area (Å²) in [4.78, 5) is 34.0. The van der Waals surface area contributed by atoms with Gasteiger partial charge in [0.15, 0.2) is 0 Å². The molecule has 4 aliphatic rings. The van der Waals surface area contributed by atoms with Crippen molar-refractivity contribution in [2.45, 2.75) is 77.0 Å². The molecule has 9 nitrogen and oxygen atoms in total. The zero-order valence-corrected chi connectivity index (χ0v) is 26.3. The predicted molar refractivity (Wildman–Crippen MR) is 165 cm³/mol. The number of aliphatic hydroxyl groups is 1. The first-order chi connectivity index (χ1) is 20.4. The monoisotopic (exact) mass is 634 g/mol. The molecule has 2 aromatic heterocycles. The fourth-order valence-electron chi connectivity index (χ4n) is 6.74. The third-order valence-electron chi connectivity index (χ3n) is 9.36. The van der Waals surface area contributed by atoms with Gasteiger partial charge in [0.1, 0.15) is 11.2 Å². The number of rotatable bonds is 5. The molecule has 0 radical (unpaired) electrons. The topological polar surface area (TPSA) is 140 Å². The van der Waals surface area contributed by atoms with Crippen molar-refractivity contribution in [2.75, 3.05) is 0 Å². The van der Waals surface area contributed by atoms with Crippen LogP contribution in [0, 0.1) is 13.8 Å². The summed E-state index contributed by atoms with van der Waals surface area (Å²) >= 11 is 0. The first-order valence-corrected chi connectivity index (χ1v) is 14.4. The Bertz CT molecular complexity index is 1730. The molecule has 3 atom stereocenters. The minimum Gasteiger partial charge on any atom is -0.678 e. The van der Waals surface area contributed by atoms with Crippen LogP contribution in [0.3, 0.4) is 0 Å². The van der Waals surface area contributed by atoms with E-state index in [1.165, 1.54) is 0 Å². The number of aliphatic carboxylic acids is 1. The summed E-state index contributed by atoms with van der Waals surface area (Å²) in [5, 5.41) is 31.5. The van der Waals surface area contributed by atoms with Crippen molar-refractivity contribution in [1.82, 2.24) is 9.97 Å². The second-order valence-electron chi connectivity index (χ2n) is 11.8. The van der Waals surface area contributed by atoms with E-state index in [1.54, 1.807) is 25.2 Å². The maximum Gasteiger partial charge on any atom is 4.00 e. The van der Waals surface area contributed by atoms with Crippen molar-refractivity contribution < 1.29 is 41.6 Å². The average molecular weight is 635 g/mol. The number of carbonyl (C=O) groups is 2. The first kappa shape index (κ1) is 31.4. The number of fused-ring (bicyclic) bond motifs is 9. The molecule has 1 spiro atoms. The Morgan fingerprint density at radius 3 is 2.43 bits per heavy atom. The molecule has 0 amide bonds. The van der Waals surface area contributed by atoms with Crippen LogP contribution in [-0.2, 0) is 44.2 Å². The van der Waals surface area contributed by atoms with E-state index in [2.05, 4.69) is 13.2 Å². The number of hydrogen-bond donors (Lipinski definition) is 2. The molecular weight excluding hydrogens is 600 g/mol. The summed E-state index contributed by atoms with van der Waals surface area (Å²) in [6.07, 6.45) is 10.0. The number of allylic oxidation sites excluding steroid dienone is 1. The summed E-state index contributed by atoms with van der Waals surface area (Å²) in [5.74, 6) is -1.35. The molecule has 10 heteroatoms. The van der Waals surface area contributed by atoms with Gasteiger partial charge in [-0.2, -0.15) is 5.69 Å². The molecule has 2 N–H and O–H groups in total. The summed E-state index contributed by atoms with van der Waals surface area (Å²) in [6.45, 7) is 15.6. The Kier molecular flexibility index (Phi) is 7.99. The van der Waals surface area contributed by atoms with Crippen LogP contribution in [0.15, 0.2) is 47.5 Å². The first-order valence-electron chi connectivity index (χ1n) is 14.4. The number of carboxylic acids is 1. The number of carbonyl (C=O) groups excluding carboxylic acids is 1. The molecule has 0 aliphatic carbocycles. The van der Waals surface area contributed by atoms with Gasteiger partial charge >= 0.3 is 29.0 Å². The predicted octanol–water partition coefficient (Wildman–Crippen LogP) is 5.63. The molecule has 6 heterocycles. The third kappa shape index (κ3) is 4.72. The minimum atomic E-state index is -1.66. The van der Waals surface area contributed by atoms with Gasteiger partial charge in [-0.15, -0.1) is 34.2 Å². The Morgan fingerprint density at radius 2 is 1.80 bits per heavy atom. The van der Waals surface area contributed by atoms with Crippen LogP contribution in [-0.4, -0.2) is 39.4 Å². The van der Waals surface area contributed by atoms with Gasteiger partial charge in [0, 0.05) is 19.3 Å². The smallest absolute Gasteiger partial charge is 0.678 e. The Morgan fingerprint density at radius 1 is 1.07 bits per heavy atom. The van der Waals surface area contributed by atoms with Crippen LogP contribution in [0.1, 0.15) is 78.1 Å². The zero-order valence-electron chi connectivity index (χ0n) is 25.2. The molecule has 1 unspecified atom stereocenters. The largest absolute Gasteiger partial charge is 4.00 e. The van der Waals surface area contributed by atoms with E-state index in [9.17, 15) is 19.8 Å². The van der Waals surface area contributed by atoms with Crippen molar-refractivity contribution in [2.24, 2.45) is 0 Å². The fourth-order valence-corrected chi connectivity index (χ4v) is 6.74. The maximum atomic E-state index is 12.5. The summed E-state index contributed by atoms with van der Waals surface area (Å²) in [6, 6.07) is -0.198. The van der Waals surface area contributed by atoms with Gasteiger partial charge < -0.3 is 35.6 Å². The van der Waals surface area contributed by atoms with Gasteiger partial charge in [0.2, 0.25) is 0 Å². The number of esters is 1. The van der Waals surface area contributed by atoms with Crippen molar-refractivity contribution in [3.8, 4) is 0 Å². The fraction of sp³-hybridized carbons (Fsp3) is 0.353. The summed E-state index contributed by atoms with van der Waals surface area (Å²) < 4.78 is 5.90. The molecule has 8 bridgehead atoms. The molecule has 2 aromatic rings. The zero-order chi connectivity index (χ0) is 30.8. The Hall–Kier alpha value is -3.98. The molecule has 228 valence electrons. The van der Waals surface area contributed by atoms with Gasteiger partial charge in [-0.05, 0) is 39.7 Å². The minimum absolute atomic E-state index is 0. The van der Waals surface area contributed by atoms with E-state index in [0.717, 1.165) is 44.8 Å². The molecule has 6 rings (SSSR count). The van der Waals surface area contributed by atoms with Gasteiger partial charge in [-0.25, -0.2) is 0 Å². The molecular formula is C34H34FeN4O5. The van der Waals surface area contributed by atoms with Crippen LogP contribution < -0.4 is 9.97 Å². The maximum absolute atomic E-state index is 12.5. The van der Waals surface area contributed by atoms with E-state index >= 15 is 0 Å². The number of carboxylic acid groups (broad SMARTS) is 1. The average Bonchev–Trinajstić information content (AvgIpc) is 3.69. The molecule has 44 heavy (non-hydrogen) atoms. The van der Waals surface area contributed by atoms with Crippen molar-refractivity contribution in [3.63, 3.8) is 0 Å². The SMILES string of the molecule is C=CC1=C(C)/C2=C/c3[n-]c(c(CCC(=O)O)c3C)/C=C3\[N-]/C(=C\c4[n-]c(c(C)c4C=C)CC1[N-]2)[C@](C)(O)[C@@]31CCC(=O)O1.[Fe+4]. The quantitative estimate of drug-likeness (QED) is 0.321. The third-order valence-corrected chi connectivity index (χ3v) is 9.36. The van der Waals surface area contributed by atoms with E-state index < -0.39 is 23.1 Å².